The van der Waals surface area contributed by atoms with Crippen LogP contribution < -0.4 is 4.74 Å². The maximum absolute atomic E-state index is 14.0. The lowest BCUT2D eigenvalue weighted by Crippen LogP contribution is -2.46. The maximum Gasteiger partial charge on any atom is 0.263 e. The standard InChI is InChI=1S/C24H24FNO4S/c1-17(30-23-12-5-4-11-22(23)25)24(27)26(20-13-14-31(28,29)16-20)15-19-9-6-8-18-7-2-3-10-21(18)19/h2-12,17,20H,13-16H2,1H3/t17-,20-/m0/s1. The van der Waals surface area contributed by atoms with Gasteiger partial charge in [-0.2, -0.15) is 0 Å². The first-order valence-electron chi connectivity index (χ1n) is 10.2. The Morgan fingerprint density at radius 3 is 2.55 bits per heavy atom. The molecule has 0 N–H and O–H groups in total. The third-order valence-electron chi connectivity index (χ3n) is 5.64. The van der Waals surface area contributed by atoms with Gasteiger partial charge in [-0.25, -0.2) is 12.8 Å². The van der Waals surface area contributed by atoms with Crippen molar-refractivity contribution < 1.29 is 22.3 Å². The van der Waals surface area contributed by atoms with Crippen molar-refractivity contribution in [1.29, 1.82) is 0 Å². The normalized spacial score (nSPS) is 18.6. The molecule has 162 valence electrons. The summed E-state index contributed by atoms with van der Waals surface area (Å²) < 4.78 is 43.9. The first kappa shape index (κ1) is 21.3. The summed E-state index contributed by atoms with van der Waals surface area (Å²) >= 11 is 0. The van der Waals surface area contributed by atoms with Gasteiger partial charge in [-0.1, -0.05) is 54.6 Å². The summed E-state index contributed by atoms with van der Waals surface area (Å²) in [5, 5.41) is 2.05. The molecule has 0 radical (unpaired) electrons. The van der Waals surface area contributed by atoms with E-state index >= 15 is 0 Å². The summed E-state index contributed by atoms with van der Waals surface area (Å²) in [6, 6.07) is 19.2. The third kappa shape index (κ3) is 4.71. The Kier molecular flexibility index (Phi) is 5.96. The lowest BCUT2D eigenvalue weighted by atomic mass is 10.0. The molecular weight excluding hydrogens is 417 g/mol. The lowest BCUT2D eigenvalue weighted by Gasteiger charge is -2.31. The minimum Gasteiger partial charge on any atom is -0.478 e. The number of carbonyl (C=O) groups excluding carboxylic acids is 1. The Morgan fingerprint density at radius 1 is 1.10 bits per heavy atom. The average Bonchev–Trinajstić information content (AvgIpc) is 3.12. The molecule has 4 rings (SSSR count). The summed E-state index contributed by atoms with van der Waals surface area (Å²) in [6.45, 7) is 1.82. The van der Waals surface area contributed by atoms with Gasteiger partial charge in [0.15, 0.2) is 27.5 Å². The topological polar surface area (TPSA) is 63.7 Å². The van der Waals surface area contributed by atoms with E-state index in [9.17, 15) is 17.6 Å². The third-order valence-corrected chi connectivity index (χ3v) is 7.39. The summed E-state index contributed by atoms with van der Waals surface area (Å²) in [6.07, 6.45) is -0.583. The van der Waals surface area contributed by atoms with Gasteiger partial charge in [0.1, 0.15) is 0 Å². The van der Waals surface area contributed by atoms with Crippen LogP contribution in [0.25, 0.3) is 10.8 Å². The Labute approximate surface area is 181 Å². The first-order valence-corrected chi connectivity index (χ1v) is 12.0. The predicted octanol–water partition coefficient (Wildman–Crippen LogP) is 3.96. The van der Waals surface area contributed by atoms with Crippen LogP contribution in [-0.4, -0.2) is 42.9 Å². The number of sulfone groups is 1. The number of hydrogen-bond acceptors (Lipinski definition) is 4. The van der Waals surface area contributed by atoms with Crippen LogP contribution in [0.3, 0.4) is 0 Å². The number of fused-ring (bicyclic) bond motifs is 1. The van der Waals surface area contributed by atoms with Crippen LogP contribution in [0, 0.1) is 5.82 Å². The molecule has 1 amide bonds. The Hall–Kier alpha value is -2.93. The number of halogens is 1. The highest BCUT2D eigenvalue weighted by molar-refractivity contribution is 7.91. The number of ether oxygens (including phenoxy) is 1. The van der Waals surface area contributed by atoms with Gasteiger partial charge in [-0.05, 0) is 41.8 Å². The molecule has 0 spiro atoms. The van der Waals surface area contributed by atoms with Crippen molar-refractivity contribution in [2.45, 2.75) is 32.0 Å². The molecule has 1 heterocycles. The molecule has 0 aliphatic carbocycles. The van der Waals surface area contributed by atoms with Crippen molar-refractivity contribution in [2.75, 3.05) is 11.5 Å². The van der Waals surface area contributed by atoms with E-state index < -0.39 is 27.8 Å². The zero-order chi connectivity index (χ0) is 22.0. The molecule has 1 fully saturated rings. The van der Waals surface area contributed by atoms with Gasteiger partial charge in [0.25, 0.3) is 5.91 Å². The van der Waals surface area contributed by atoms with E-state index in [4.69, 9.17) is 4.74 Å². The second-order valence-corrected chi connectivity index (χ2v) is 10.1. The second-order valence-electron chi connectivity index (χ2n) is 7.85. The van der Waals surface area contributed by atoms with Crippen molar-refractivity contribution in [1.82, 2.24) is 4.90 Å². The fraction of sp³-hybridized carbons (Fsp3) is 0.292. The van der Waals surface area contributed by atoms with Gasteiger partial charge in [0, 0.05) is 12.6 Å². The molecule has 31 heavy (non-hydrogen) atoms. The van der Waals surface area contributed by atoms with E-state index in [0.717, 1.165) is 16.3 Å². The Bertz CT molecular complexity index is 1210. The van der Waals surface area contributed by atoms with Crippen LogP contribution >= 0.6 is 0 Å². The average molecular weight is 442 g/mol. The molecule has 1 aliphatic rings. The van der Waals surface area contributed by atoms with Crippen molar-refractivity contribution in [3.8, 4) is 5.75 Å². The molecule has 1 aliphatic heterocycles. The summed E-state index contributed by atoms with van der Waals surface area (Å²) in [5.41, 5.74) is 0.925. The number of carbonyl (C=O) groups is 1. The summed E-state index contributed by atoms with van der Waals surface area (Å²) in [5.74, 6) is -0.938. The van der Waals surface area contributed by atoms with Crippen molar-refractivity contribution in [3.05, 3.63) is 78.1 Å². The van der Waals surface area contributed by atoms with Gasteiger partial charge in [-0.3, -0.25) is 4.79 Å². The molecule has 0 saturated carbocycles. The monoisotopic (exact) mass is 441 g/mol. The number of benzene rings is 3. The van der Waals surface area contributed by atoms with Crippen LogP contribution in [0.1, 0.15) is 18.9 Å². The van der Waals surface area contributed by atoms with Crippen molar-refractivity contribution >= 4 is 26.5 Å². The van der Waals surface area contributed by atoms with Crippen LogP contribution in [-0.2, 0) is 21.2 Å². The number of nitrogens with zero attached hydrogens (tertiary/aromatic N) is 1. The minimum atomic E-state index is -3.19. The summed E-state index contributed by atoms with van der Waals surface area (Å²) in [7, 11) is -3.19. The SMILES string of the molecule is C[C@H](Oc1ccccc1F)C(=O)N(Cc1cccc2ccccc12)[C@H]1CCS(=O)(=O)C1. The number of hydrogen-bond donors (Lipinski definition) is 0. The zero-order valence-corrected chi connectivity index (χ0v) is 18.0. The maximum atomic E-state index is 14.0. The largest absolute Gasteiger partial charge is 0.478 e. The van der Waals surface area contributed by atoms with Gasteiger partial charge in [0.05, 0.1) is 11.5 Å². The highest BCUT2D eigenvalue weighted by Gasteiger charge is 2.37. The van der Waals surface area contributed by atoms with Gasteiger partial charge in [0.2, 0.25) is 0 Å². The van der Waals surface area contributed by atoms with Gasteiger partial charge < -0.3 is 9.64 Å². The van der Waals surface area contributed by atoms with E-state index in [1.54, 1.807) is 24.0 Å². The van der Waals surface area contributed by atoms with E-state index in [2.05, 4.69) is 0 Å². The quantitative estimate of drug-likeness (QED) is 0.581. The van der Waals surface area contributed by atoms with Crippen LogP contribution in [0.15, 0.2) is 66.7 Å². The molecule has 5 nitrogen and oxygen atoms in total. The van der Waals surface area contributed by atoms with E-state index in [0.29, 0.717) is 6.42 Å². The number of amides is 1. The van der Waals surface area contributed by atoms with Gasteiger partial charge in [-0.15, -0.1) is 0 Å². The van der Waals surface area contributed by atoms with Crippen LogP contribution in [0.5, 0.6) is 5.75 Å². The fourth-order valence-corrected chi connectivity index (χ4v) is 5.77. The van der Waals surface area contributed by atoms with Crippen molar-refractivity contribution in [2.24, 2.45) is 0 Å². The van der Waals surface area contributed by atoms with E-state index in [1.165, 1.54) is 12.1 Å². The molecular formula is C24H24FNO4S. The Balaban J connectivity index is 1.64. The first-order chi connectivity index (χ1) is 14.8. The molecule has 3 aromatic rings. The van der Waals surface area contributed by atoms with Crippen molar-refractivity contribution in [3.63, 3.8) is 0 Å². The molecule has 7 heteroatoms. The van der Waals surface area contributed by atoms with Crippen LogP contribution in [0.2, 0.25) is 0 Å². The lowest BCUT2D eigenvalue weighted by molar-refractivity contribution is -0.140. The fourth-order valence-electron chi connectivity index (χ4n) is 4.04. The molecule has 0 aromatic heterocycles. The molecule has 0 bridgehead atoms. The van der Waals surface area contributed by atoms with E-state index in [1.807, 2.05) is 42.5 Å². The highest BCUT2D eigenvalue weighted by atomic mass is 32.2. The van der Waals surface area contributed by atoms with E-state index in [-0.39, 0.29) is 29.7 Å². The summed E-state index contributed by atoms with van der Waals surface area (Å²) in [4.78, 5) is 15.0. The number of para-hydroxylation sites is 1. The predicted molar refractivity (Wildman–Crippen MR) is 118 cm³/mol. The number of rotatable bonds is 6. The zero-order valence-electron chi connectivity index (χ0n) is 17.2. The van der Waals surface area contributed by atoms with Gasteiger partial charge >= 0.3 is 0 Å². The minimum absolute atomic E-state index is 0.00694. The molecule has 2 atom stereocenters. The molecule has 3 aromatic carbocycles. The smallest absolute Gasteiger partial charge is 0.263 e. The van der Waals surface area contributed by atoms with Crippen LogP contribution in [0.4, 0.5) is 4.39 Å². The molecule has 1 saturated heterocycles. The highest BCUT2D eigenvalue weighted by Crippen LogP contribution is 2.26. The second kappa shape index (κ2) is 8.67. The Morgan fingerprint density at radius 2 is 1.81 bits per heavy atom. The molecule has 0 unspecified atom stereocenters.